The quantitative estimate of drug-likeness (QED) is 0.640. The molecule has 1 aromatic rings. The second kappa shape index (κ2) is 7.04. The summed E-state index contributed by atoms with van der Waals surface area (Å²) in [6.45, 7) is 7.49. The van der Waals surface area contributed by atoms with E-state index >= 15 is 0 Å². The molecule has 0 bridgehead atoms. The van der Waals surface area contributed by atoms with Crippen LogP contribution >= 0.6 is 0 Å². The Labute approximate surface area is 122 Å². The van der Waals surface area contributed by atoms with Crippen LogP contribution in [0.3, 0.4) is 0 Å². The predicted molar refractivity (Wildman–Crippen MR) is 82.0 cm³/mol. The summed E-state index contributed by atoms with van der Waals surface area (Å²) in [5.41, 5.74) is 4.45. The van der Waals surface area contributed by atoms with E-state index in [1.165, 1.54) is 12.8 Å². The molecule has 20 heavy (non-hydrogen) atoms. The largest absolute Gasteiger partial charge is 0.372 e. The number of nitrogens with one attached hydrogen (secondary N) is 1. The summed E-state index contributed by atoms with van der Waals surface area (Å²) in [6, 6.07) is 3.79. The van der Waals surface area contributed by atoms with Crippen molar-refractivity contribution < 1.29 is 4.74 Å². The average Bonchev–Trinajstić information content (AvgIpc) is 2.45. The fourth-order valence-corrected chi connectivity index (χ4v) is 3.15. The third-order valence-corrected chi connectivity index (χ3v) is 4.39. The molecule has 0 amide bonds. The van der Waals surface area contributed by atoms with Crippen molar-refractivity contribution in [1.82, 2.24) is 4.98 Å². The zero-order valence-electron chi connectivity index (χ0n) is 12.8. The fraction of sp³-hybridized carbons (Fsp3) is 0.688. The summed E-state index contributed by atoms with van der Waals surface area (Å²) in [6.07, 6.45) is 5.89. The van der Waals surface area contributed by atoms with Gasteiger partial charge in [0.1, 0.15) is 0 Å². The van der Waals surface area contributed by atoms with E-state index in [1.807, 2.05) is 12.1 Å². The third kappa shape index (κ3) is 3.93. The molecular formula is C16H27N3O. The summed E-state index contributed by atoms with van der Waals surface area (Å²) in [4.78, 5) is 4.34. The third-order valence-electron chi connectivity index (χ3n) is 4.39. The highest BCUT2D eigenvalue weighted by Crippen LogP contribution is 2.35. The van der Waals surface area contributed by atoms with E-state index in [0.29, 0.717) is 24.5 Å². The fourth-order valence-electron chi connectivity index (χ4n) is 3.15. The number of pyridine rings is 1. The standard InChI is InChI=1S/C16H27N3O/c1-11(2)15-5-4-12(3)8-16(15)20-10-14-9-13(19-17)6-7-18-14/h6-7,9,11-12,15-16H,4-5,8,10,17H2,1-3H3,(H,18,19). The van der Waals surface area contributed by atoms with E-state index in [1.54, 1.807) is 6.20 Å². The van der Waals surface area contributed by atoms with Crippen molar-refractivity contribution in [3.8, 4) is 0 Å². The molecule has 1 aliphatic rings. The zero-order valence-corrected chi connectivity index (χ0v) is 12.8. The van der Waals surface area contributed by atoms with Gasteiger partial charge in [-0.3, -0.25) is 10.8 Å². The van der Waals surface area contributed by atoms with Gasteiger partial charge < -0.3 is 10.2 Å². The summed E-state index contributed by atoms with van der Waals surface area (Å²) >= 11 is 0. The Hall–Kier alpha value is -1.13. The lowest BCUT2D eigenvalue weighted by Crippen LogP contribution is -2.34. The van der Waals surface area contributed by atoms with E-state index in [0.717, 1.165) is 23.7 Å². The maximum Gasteiger partial charge on any atom is 0.0892 e. The Morgan fingerprint density at radius 2 is 2.25 bits per heavy atom. The number of hydrogen-bond donors (Lipinski definition) is 2. The Kier molecular flexibility index (Phi) is 5.38. The second-order valence-corrected chi connectivity index (χ2v) is 6.36. The zero-order chi connectivity index (χ0) is 14.5. The molecule has 0 aliphatic heterocycles. The van der Waals surface area contributed by atoms with Crippen molar-refractivity contribution >= 4 is 5.69 Å². The number of hydrazine groups is 1. The van der Waals surface area contributed by atoms with E-state index in [-0.39, 0.29) is 0 Å². The van der Waals surface area contributed by atoms with Gasteiger partial charge in [0.2, 0.25) is 0 Å². The maximum atomic E-state index is 6.18. The predicted octanol–water partition coefficient (Wildman–Crippen LogP) is 3.34. The van der Waals surface area contributed by atoms with Crippen molar-refractivity contribution in [2.24, 2.45) is 23.6 Å². The lowest BCUT2D eigenvalue weighted by atomic mass is 9.75. The van der Waals surface area contributed by atoms with Crippen molar-refractivity contribution in [3.63, 3.8) is 0 Å². The SMILES string of the molecule is CC1CCC(C(C)C)C(OCc2cc(NN)ccn2)C1. The molecule has 1 heterocycles. The van der Waals surface area contributed by atoms with E-state index < -0.39 is 0 Å². The van der Waals surface area contributed by atoms with Crippen LogP contribution in [-0.4, -0.2) is 11.1 Å². The minimum Gasteiger partial charge on any atom is -0.372 e. The van der Waals surface area contributed by atoms with Crippen LogP contribution in [0.1, 0.15) is 45.7 Å². The van der Waals surface area contributed by atoms with Crippen LogP contribution in [0.4, 0.5) is 5.69 Å². The number of ether oxygens (including phenoxy) is 1. The van der Waals surface area contributed by atoms with Crippen molar-refractivity contribution in [1.29, 1.82) is 0 Å². The van der Waals surface area contributed by atoms with Gasteiger partial charge in [0.05, 0.1) is 24.1 Å². The first-order valence-electron chi connectivity index (χ1n) is 7.63. The number of anilines is 1. The number of aromatic nitrogens is 1. The van der Waals surface area contributed by atoms with Gasteiger partial charge >= 0.3 is 0 Å². The molecule has 4 nitrogen and oxygen atoms in total. The maximum absolute atomic E-state index is 6.18. The molecule has 0 aromatic carbocycles. The summed E-state index contributed by atoms with van der Waals surface area (Å²) in [7, 11) is 0. The molecular weight excluding hydrogens is 250 g/mol. The van der Waals surface area contributed by atoms with E-state index in [4.69, 9.17) is 10.6 Å². The molecule has 0 saturated heterocycles. The molecule has 1 aromatic heterocycles. The highest BCUT2D eigenvalue weighted by atomic mass is 16.5. The van der Waals surface area contributed by atoms with E-state index in [2.05, 4.69) is 31.2 Å². The molecule has 2 rings (SSSR count). The lowest BCUT2D eigenvalue weighted by Gasteiger charge is -2.37. The first-order valence-corrected chi connectivity index (χ1v) is 7.63. The van der Waals surface area contributed by atoms with Crippen LogP contribution in [0.15, 0.2) is 18.3 Å². The van der Waals surface area contributed by atoms with Gasteiger partial charge in [-0.1, -0.05) is 27.2 Å². The highest BCUT2D eigenvalue weighted by Gasteiger charge is 2.31. The Morgan fingerprint density at radius 3 is 2.95 bits per heavy atom. The van der Waals surface area contributed by atoms with E-state index in [9.17, 15) is 0 Å². The molecule has 1 saturated carbocycles. The van der Waals surface area contributed by atoms with Crippen LogP contribution < -0.4 is 11.3 Å². The minimum atomic E-state index is 0.357. The van der Waals surface area contributed by atoms with Crippen LogP contribution in [0.25, 0.3) is 0 Å². The number of rotatable bonds is 5. The van der Waals surface area contributed by atoms with Gasteiger partial charge in [-0.15, -0.1) is 0 Å². The molecule has 0 spiro atoms. The molecule has 1 fully saturated rings. The molecule has 4 heteroatoms. The lowest BCUT2D eigenvalue weighted by molar-refractivity contribution is -0.0483. The number of hydrogen-bond acceptors (Lipinski definition) is 4. The van der Waals surface area contributed by atoms with Crippen molar-refractivity contribution in [2.75, 3.05) is 5.43 Å². The van der Waals surface area contributed by atoms with Gasteiger partial charge in [-0.2, -0.15) is 0 Å². The molecule has 0 radical (unpaired) electrons. The van der Waals surface area contributed by atoms with Gasteiger partial charge in [0, 0.05) is 6.20 Å². The van der Waals surface area contributed by atoms with Crippen LogP contribution in [0, 0.1) is 17.8 Å². The highest BCUT2D eigenvalue weighted by molar-refractivity contribution is 5.41. The molecule has 3 atom stereocenters. The van der Waals surface area contributed by atoms with Crippen LogP contribution in [-0.2, 0) is 11.3 Å². The first kappa shape index (κ1) is 15.3. The van der Waals surface area contributed by atoms with Gasteiger partial charge in [0.25, 0.3) is 0 Å². The number of nitrogens with zero attached hydrogens (tertiary/aromatic N) is 1. The van der Waals surface area contributed by atoms with Crippen molar-refractivity contribution in [2.45, 2.75) is 52.7 Å². The number of nitrogen functional groups attached to an aromatic ring is 1. The number of nitrogens with two attached hydrogens (primary N) is 1. The smallest absolute Gasteiger partial charge is 0.0892 e. The summed E-state index contributed by atoms with van der Waals surface area (Å²) < 4.78 is 6.18. The minimum absolute atomic E-state index is 0.357. The topological polar surface area (TPSA) is 60.2 Å². The van der Waals surface area contributed by atoms with Crippen LogP contribution in [0.2, 0.25) is 0 Å². The summed E-state index contributed by atoms with van der Waals surface area (Å²) in [5, 5.41) is 0. The van der Waals surface area contributed by atoms with Gasteiger partial charge in [-0.05, 0) is 42.7 Å². The monoisotopic (exact) mass is 277 g/mol. The molecule has 1 aliphatic carbocycles. The van der Waals surface area contributed by atoms with Gasteiger partial charge in [-0.25, -0.2) is 0 Å². The molecule has 3 N–H and O–H groups in total. The average molecular weight is 277 g/mol. The van der Waals surface area contributed by atoms with Crippen LogP contribution in [0.5, 0.6) is 0 Å². The summed E-state index contributed by atoms with van der Waals surface area (Å²) in [5.74, 6) is 7.53. The van der Waals surface area contributed by atoms with Crippen molar-refractivity contribution in [3.05, 3.63) is 24.0 Å². The Balaban J connectivity index is 1.96. The first-order chi connectivity index (χ1) is 9.60. The molecule has 112 valence electrons. The Bertz CT molecular complexity index is 422. The Morgan fingerprint density at radius 1 is 1.45 bits per heavy atom. The second-order valence-electron chi connectivity index (χ2n) is 6.36. The van der Waals surface area contributed by atoms with Gasteiger partial charge in [0.15, 0.2) is 0 Å². The molecule has 3 unspecified atom stereocenters. The normalized spacial score (nSPS) is 26.8.